The number of hydrogen-bond donors (Lipinski definition) is 2. The van der Waals surface area contributed by atoms with Gasteiger partial charge in [-0.3, -0.25) is 14.0 Å². The summed E-state index contributed by atoms with van der Waals surface area (Å²) in [6.45, 7) is 2.12. The van der Waals surface area contributed by atoms with Gasteiger partial charge < -0.3 is 10.6 Å². The Hall–Kier alpha value is -2.87. The van der Waals surface area contributed by atoms with Crippen LogP contribution in [0.1, 0.15) is 23.1 Å². The molecule has 0 spiro atoms. The Bertz CT molecular complexity index is 984. The van der Waals surface area contributed by atoms with Crippen LogP contribution < -0.4 is 10.6 Å². The number of pyridine rings is 1. The Morgan fingerprint density at radius 3 is 3.08 bits per heavy atom. The highest BCUT2D eigenvalue weighted by molar-refractivity contribution is 8.00. The molecule has 3 heterocycles. The largest absolute Gasteiger partial charge is 0.345 e. The van der Waals surface area contributed by atoms with E-state index in [2.05, 4.69) is 20.8 Å². The van der Waals surface area contributed by atoms with Crippen LogP contribution in [0.2, 0.25) is 0 Å². The van der Waals surface area contributed by atoms with Gasteiger partial charge in [0.05, 0.1) is 17.5 Å². The maximum absolute atomic E-state index is 12.4. The number of rotatable bonds is 3. The van der Waals surface area contributed by atoms with Crippen molar-refractivity contribution in [2.45, 2.75) is 23.6 Å². The quantitative estimate of drug-likeness (QED) is 0.753. The van der Waals surface area contributed by atoms with E-state index in [1.807, 2.05) is 41.8 Å². The van der Waals surface area contributed by atoms with Crippen LogP contribution in [0.4, 0.5) is 5.69 Å². The highest BCUT2D eigenvalue weighted by Gasteiger charge is 2.23. The Morgan fingerprint density at radius 1 is 1.32 bits per heavy atom. The average molecular weight is 353 g/mol. The number of carbonyl (C=O) groups excluding carboxylic acids is 2. The second-order valence-corrected chi connectivity index (χ2v) is 7.07. The van der Waals surface area contributed by atoms with Crippen LogP contribution in [-0.2, 0) is 11.3 Å². The molecule has 3 aromatic rings. The van der Waals surface area contributed by atoms with E-state index in [1.165, 1.54) is 11.8 Å². The summed E-state index contributed by atoms with van der Waals surface area (Å²) in [6, 6.07) is 10.9. The van der Waals surface area contributed by atoms with E-state index >= 15 is 0 Å². The molecule has 0 aliphatic carbocycles. The van der Waals surface area contributed by atoms with E-state index in [0.29, 0.717) is 17.1 Å². The predicted octanol–water partition coefficient (Wildman–Crippen LogP) is 2.09. The van der Waals surface area contributed by atoms with Gasteiger partial charge in [-0.2, -0.15) is 0 Å². The van der Waals surface area contributed by atoms with Crippen LogP contribution in [-0.4, -0.2) is 31.7 Å². The van der Waals surface area contributed by atoms with Crippen LogP contribution in [0.25, 0.3) is 5.65 Å². The number of aromatic nitrogens is 3. The molecule has 0 saturated carbocycles. The first-order valence-corrected chi connectivity index (χ1v) is 8.68. The normalized spacial score (nSPS) is 16.4. The molecule has 1 atom stereocenters. The van der Waals surface area contributed by atoms with Crippen LogP contribution >= 0.6 is 11.8 Å². The van der Waals surface area contributed by atoms with Gasteiger partial charge in [-0.1, -0.05) is 6.07 Å². The number of benzene rings is 1. The molecule has 2 N–H and O–H groups in total. The van der Waals surface area contributed by atoms with E-state index in [1.54, 1.807) is 12.1 Å². The average Bonchev–Trinajstić information content (AvgIpc) is 3.03. The molecule has 25 heavy (non-hydrogen) atoms. The Morgan fingerprint density at radius 2 is 2.20 bits per heavy atom. The molecule has 1 aliphatic rings. The lowest BCUT2D eigenvalue weighted by molar-refractivity contribution is -0.115. The fourth-order valence-corrected chi connectivity index (χ4v) is 3.55. The molecular weight excluding hydrogens is 338 g/mol. The third-order valence-electron chi connectivity index (χ3n) is 3.96. The molecule has 0 saturated heterocycles. The monoisotopic (exact) mass is 353 g/mol. The van der Waals surface area contributed by atoms with Crippen molar-refractivity contribution in [2.24, 2.45) is 0 Å². The predicted molar refractivity (Wildman–Crippen MR) is 94.5 cm³/mol. The number of anilines is 1. The molecule has 0 bridgehead atoms. The smallest absolute Gasteiger partial charge is 0.251 e. The van der Waals surface area contributed by atoms with Crippen molar-refractivity contribution in [1.29, 1.82) is 0 Å². The number of thioether (sulfide) groups is 1. The topological polar surface area (TPSA) is 88.4 Å². The Kier molecular flexibility index (Phi) is 3.89. The van der Waals surface area contributed by atoms with Crippen LogP contribution in [0.3, 0.4) is 0 Å². The minimum atomic E-state index is -0.228. The highest BCUT2D eigenvalue weighted by Crippen LogP contribution is 2.35. The second kappa shape index (κ2) is 6.21. The summed E-state index contributed by atoms with van der Waals surface area (Å²) in [5.74, 6) is 0.373. The van der Waals surface area contributed by atoms with Crippen molar-refractivity contribution < 1.29 is 9.59 Å². The van der Waals surface area contributed by atoms with E-state index in [9.17, 15) is 9.59 Å². The fourth-order valence-electron chi connectivity index (χ4n) is 2.62. The van der Waals surface area contributed by atoms with Crippen molar-refractivity contribution >= 4 is 34.9 Å². The first-order chi connectivity index (χ1) is 12.1. The summed E-state index contributed by atoms with van der Waals surface area (Å²) in [7, 11) is 0. The Labute approximate surface area is 147 Å². The van der Waals surface area contributed by atoms with Gasteiger partial charge in [-0.05, 0) is 37.3 Å². The summed E-state index contributed by atoms with van der Waals surface area (Å²) >= 11 is 1.49. The van der Waals surface area contributed by atoms with E-state index in [-0.39, 0.29) is 23.6 Å². The van der Waals surface area contributed by atoms with E-state index in [0.717, 1.165) is 10.5 Å². The second-order valence-electron chi connectivity index (χ2n) is 5.69. The van der Waals surface area contributed by atoms with Crippen LogP contribution in [0.5, 0.6) is 0 Å². The van der Waals surface area contributed by atoms with Crippen molar-refractivity contribution in [3.63, 3.8) is 0 Å². The lowest BCUT2D eigenvalue weighted by atomic mass is 10.1. The molecule has 8 heteroatoms. The zero-order valence-electron chi connectivity index (χ0n) is 13.4. The standard InChI is InChI=1S/C17H15N5O2S/c1-10-16(23)19-12-8-11(5-6-13(12)25-10)17(24)18-9-15-21-20-14-4-2-3-7-22(14)15/h2-8,10H,9H2,1H3,(H,18,24)(H,19,23). The van der Waals surface area contributed by atoms with Gasteiger partial charge in [0, 0.05) is 16.7 Å². The maximum Gasteiger partial charge on any atom is 0.251 e. The van der Waals surface area contributed by atoms with Crippen LogP contribution in [0, 0.1) is 0 Å². The fraction of sp³-hybridized carbons (Fsp3) is 0.176. The minimum absolute atomic E-state index is 0.0509. The molecule has 2 amide bonds. The summed E-state index contributed by atoms with van der Waals surface area (Å²) in [6.07, 6.45) is 1.85. The molecule has 2 aromatic heterocycles. The lowest BCUT2D eigenvalue weighted by Crippen LogP contribution is -2.27. The van der Waals surface area contributed by atoms with E-state index in [4.69, 9.17) is 0 Å². The molecule has 1 aliphatic heterocycles. The molecule has 0 radical (unpaired) electrons. The summed E-state index contributed by atoms with van der Waals surface area (Å²) in [5.41, 5.74) is 1.89. The molecule has 126 valence electrons. The van der Waals surface area contributed by atoms with Gasteiger partial charge >= 0.3 is 0 Å². The number of amides is 2. The molecule has 4 rings (SSSR count). The van der Waals surface area contributed by atoms with Crippen LogP contribution in [0.15, 0.2) is 47.5 Å². The van der Waals surface area contributed by atoms with Gasteiger partial charge in [0.2, 0.25) is 5.91 Å². The summed E-state index contributed by atoms with van der Waals surface area (Å²) in [5, 5.41) is 13.7. The first-order valence-electron chi connectivity index (χ1n) is 7.80. The molecule has 1 unspecified atom stereocenters. The zero-order chi connectivity index (χ0) is 17.4. The molecule has 0 fully saturated rings. The van der Waals surface area contributed by atoms with Gasteiger partial charge in [0.1, 0.15) is 0 Å². The summed E-state index contributed by atoms with van der Waals surface area (Å²) in [4.78, 5) is 25.2. The minimum Gasteiger partial charge on any atom is -0.345 e. The number of nitrogens with zero attached hydrogens (tertiary/aromatic N) is 3. The van der Waals surface area contributed by atoms with E-state index < -0.39 is 0 Å². The van der Waals surface area contributed by atoms with Gasteiger partial charge in [0.15, 0.2) is 11.5 Å². The SMILES string of the molecule is CC1Sc2ccc(C(=O)NCc3nnc4ccccn34)cc2NC1=O. The number of carbonyl (C=O) groups is 2. The zero-order valence-corrected chi connectivity index (χ0v) is 14.2. The third-order valence-corrected chi connectivity index (χ3v) is 5.14. The molecular formula is C17H15N5O2S. The molecule has 7 nitrogen and oxygen atoms in total. The maximum atomic E-state index is 12.4. The van der Waals surface area contributed by atoms with Crippen molar-refractivity contribution in [3.05, 3.63) is 54.0 Å². The van der Waals surface area contributed by atoms with Crippen molar-refractivity contribution in [1.82, 2.24) is 19.9 Å². The number of nitrogens with one attached hydrogen (secondary N) is 2. The highest BCUT2D eigenvalue weighted by atomic mass is 32.2. The molecule has 1 aromatic carbocycles. The third kappa shape index (κ3) is 2.96. The lowest BCUT2D eigenvalue weighted by Gasteiger charge is -2.21. The van der Waals surface area contributed by atoms with Gasteiger partial charge in [-0.15, -0.1) is 22.0 Å². The van der Waals surface area contributed by atoms with Gasteiger partial charge in [0.25, 0.3) is 5.91 Å². The van der Waals surface area contributed by atoms with Crippen molar-refractivity contribution in [2.75, 3.05) is 5.32 Å². The number of fused-ring (bicyclic) bond motifs is 2. The number of hydrogen-bond acceptors (Lipinski definition) is 5. The first kappa shape index (κ1) is 15.6. The summed E-state index contributed by atoms with van der Waals surface area (Å²) < 4.78 is 1.82. The van der Waals surface area contributed by atoms with Crippen molar-refractivity contribution in [3.8, 4) is 0 Å². The van der Waals surface area contributed by atoms with Gasteiger partial charge in [-0.25, -0.2) is 0 Å². The Balaban J connectivity index is 1.50.